The zero-order valence-corrected chi connectivity index (χ0v) is 17.5. The predicted molar refractivity (Wildman–Crippen MR) is 111 cm³/mol. The molecule has 0 aliphatic carbocycles. The van der Waals surface area contributed by atoms with Crippen molar-refractivity contribution in [3.05, 3.63) is 24.3 Å². The molecule has 0 N–H and O–H groups in total. The van der Waals surface area contributed by atoms with E-state index < -0.39 is 0 Å². The van der Waals surface area contributed by atoms with Gasteiger partial charge < -0.3 is 23.8 Å². The van der Waals surface area contributed by atoms with Gasteiger partial charge in [-0.15, -0.1) is 0 Å². The van der Waals surface area contributed by atoms with Gasteiger partial charge >= 0.3 is 0 Å². The number of nitrogens with zero attached hydrogens (tertiary/aromatic N) is 3. The molecule has 0 bridgehead atoms. The third-order valence-corrected chi connectivity index (χ3v) is 4.19. The Labute approximate surface area is 174 Å². The van der Waals surface area contributed by atoms with E-state index in [0.29, 0.717) is 45.9 Å². The standard InChI is InChI=1S/C22H33N3O4/c1-26-21-7-9-22(10-8-21)29-20-6-15-25(13-4-18-27-16-2-11-23)14-5-19-28-17-3-12-24/h7-10H,2-6,13-20H2,1H3. The molecule has 0 saturated carbocycles. The van der Waals surface area contributed by atoms with E-state index in [0.717, 1.165) is 50.4 Å². The smallest absolute Gasteiger partial charge is 0.119 e. The summed E-state index contributed by atoms with van der Waals surface area (Å²) in [7, 11) is 1.65. The van der Waals surface area contributed by atoms with Crippen molar-refractivity contribution in [3.8, 4) is 23.6 Å². The lowest BCUT2D eigenvalue weighted by Gasteiger charge is -2.22. The van der Waals surface area contributed by atoms with Crippen LogP contribution in [0.5, 0.6) is 11.5 Å². The first-order valence-corrected chi connectivity index (χ1v) is 10.2. The van der Waals surface area contributed by atoms with E-state index in [1.807, 2.05) is 24.3 Å². The van der Waals surface area contributed by atoms with Gasteiger partial charge in [0.25, 0.3) is 0 Å². The summed E-state index contributed by atoms with van der Waals surface area (Å²) in [6.07, 6.45) is 3.66. The molecule has 7 heteroatoms. The van der Waals surface area contributed by atoms with Gasteiger partial charge in [0.15, 0.2) is 0 Å². The van der Waals surface area contributed by atoms with Crippen LogP contribution in [0, 0.1) is 22.7 Å². The summed E-state index contributed by atoms with van der Waals surface area (Å²) < 4.78 is 21.9. The SMILES string of the molecule is COc1ccc(OCCCN(CCCOCCC#N)CCCOCCC#N)cc1. The highest BCUT2D eigenvalue weighted by atomic mass is 16.5. The molecular formula is C22H33N3O4. The average molecular weight is 404 g/mol. The Kier molecular flexibility index (Phi) is 15.1. The summed E-state index contributed by atoms with van der Waals surface area (Å²) in [6.45, 7) is 5.80. The van der Waals surface area contributed by atoms with Gasteiger partial charge in [-0.05, 0) is 43.5 Å². The maximum Gasteiger partial charge on any atom is 0.119 e. The van der Waals surface area contributed by atoms with Gasteiger partial charge in [-0.1, -0.05) is 0 Å². The first-order chi connectivity index (χ1) is 14.3. The lowest BCUT2D eigenvalue weighted by molar-refractivity contribution is 0.110. The summed E-state index contributed by atoms with van der Waals surface area (Å²) in [4.78, 5) is 2.39. The van der Waals surface area contributed by atoms with Crippen molar-refractivity contribution in [1.29, 1.82) is 10.5 Å². The monoisotopic (exact) mass is 403 g/mol. The van der Waals surface area contributed by atoms with Crippen LogP contribution in [0.2, 0.25) is 0 Å². The molecule has 0 unspecified atom stereocenters. The maximum absolute atomic E-state index is 8.53. The molecule has 7 nitrogen and oxygen atoms in total. The molecule has 0 aliphatic rings. The molecule has 0 spiro atoms. The van der Waals surface area contributed by atoms with Crippen molar-refractivity contribution in [2.24, 2.45) is 0 Å². The molecule has 1 aromatic carbocycles. The van der Waals surface area contributed by atoms with Gasteiger partial charge in [-0.3, -0.25) is 0 Å². The molecule has 0 amide bonds. The van der Waals surface area contributed by atoms with E-state index in [9.17, 15) is 0 Å². The van der Waals surface area contributed by atoms with E-state index in [1.165, 1.54) is 0 Å². The van der Waals surface area contributed by atoms with Crippen LogP contribution >= 0.6 is 0 Å². The van der Waals surface area contributed by atoms with E-state index >= 15 is 0 Å². The van der Waals surface area contributed by atoms with Crippen LogP contribution in [-0.2, 0) is 9.47 Å². The van der Waals surface area contributed by atoms with Gasteiger partial charge in [0.05, 0.1) is 51.9 Å². The number of hydrogen-bond acceptors (Lipinski definition) is 7. The first-order valence-electron chi connectivity index (χ1n) is 10.2. The molecule has 0 saturated heterocycles. The van der Waals surface area contributed by atoms with E-state index in [4.69, 9.17) is 29.5 Å². The molecule has 0 aromatic heterocycles. The van der Waals surface area contributed by atoms with E-state index in [1.54, 1.807) is 7.11 Å². The van der Waals surface area contributed by atoms with Crippen molar-refractivity contribution < 1.29 is 18.9 Å². The molecule has 0 aliphatic heterocycles. The van der Waals surface area contributed by atoms with Crippen molar-refractivity contribution in [2.75, 3.05) is 59.8 Å². The topological polar surface area (TPSA) is 87.7 Å². The van der Waals surface area contributed by atoms with E-state index in [2.05, 4.69) is 17.0 Å². The van der Waals surface area contributed by atoms with Crippen LogP contribution in [0.4, 0.5) is 0 Å². The Bertz CT molecular complexity index is 570. The molecule has 0 heterocycles. The van der Waals surface area contributed by atoms with Crippen molar-refractivity contribution in [3.63, 3.8) is 0 Å². The fourth-order valence-electron chi connectivity index (χ4n) is 2.71. The Hall–Kier alpha value is -2.32. The lowest BCUT2D eigenvalue weighted by Crippen LogP contribution is -2.29. The molecule has 0 atom stereocenters. The average Bonchev–Trinajstić information content (AvgIpc) is 2.75. The Morgan fingerprint density at radius 3 is 1.69 bits per heavy atom. The van der Waals surface area contributed by atoms with Crippen LogP contribution < -0.4 is 9.47 Å². The Morgan fingerprint density at radius 2 is 1.21 bits per heavy atom. The summed E-state index contributed by atoms with van der Waals surface area (Å²) in [5.74, 6) is 1.66. The fourth-order valence-corrected chi connectivity index (χ4v) is 2.71. The molecule has 0 radical (unpaired) electrons. The van der Waals surface area contributed by atoms with Gasteiger partial charge in [-0.25, -0.2) is 0 Å². The van der Waals surface area contributed by atoms with Crippen molar-refractivity contribution in [2.45, 2.75) is 32.1 Å². The van der Waals surface area contributed by atoms with Gasteiger partial charge in [0, 0.05) is 32.8 Å². The quantitative estimate of drug-likeness (QED) is 0.347. The molecule has 160 valence electrons. The first kappa shape index (κ1) is 24.7. The molecular weight excluding hydrogens is 370 g/mol. The summed E-state index contributed by atoms with van der Waals surface area (Å²) >= 11 is 0. The van der Waals surface area contributed by atoms with Crippen molar-refractivity contribution >= 4 is 0 Å². The van der Waals surface area contributed by atoms with Gasteiger partial charge in [-0.2, -0.15) is 10.5 Å². The minimum Gasteiger partial charge on any atom is -0.497 e. The minimum absolute atomic E-state index is 0.437. The number of hydrogen-bond donors (Lipinski definition) is 0. The zero-order chi connectivity index (χ0) is 21.0. The third-order valence-electron chi connectivity index (χ3n) is 4.19. The molecule has 29 heavy (non-hydrogen) atoms. The minimum atomic E-state index is 0.437. The van der Waals surface area contributed by atoms with Crippen LogP contribution in [-0.4, -0.2) is 64.7 Å². The largest absolute Gasteiger partial charge is 0.497 e. The van der Waals surface area contributed by atoms with Crippen LogP contribution in [0.3, 0.4) is 0 Å². The Morgan fingerprint density at radius 1 is 0.724 bits per heavy atom. The second kappa shape index (κ2) is 17.8. The van der Waals surface area contributed by atoms with Gasteiger partial charge in [0.1, 0.15) is 11.5 Å². The summed E-state index contributed by atoms with van der Waals surface area (Å²) in [6, 6.07) is 11.8. The highest BCUT2D eigenvalue weighted by Gasteiger charge is 2.06. The van der Waals surface area contributed by atoms with Crippen LogP contribution in [0.15, 0.2) is 24.3 Å². The van der Waals surface area contributed by atoms with Crippen LogP contribution in [0.25, 0.3) is 0 Å². The molecule has 0 fully saturated rings. The summed E-state index contributed by atoms with van der Waals surface area (Å²) in [5.41, 5.74) is 0. The van der Waals surface area contributed by atoms with Crippen LogP contribution in [0.1, 0.15) is 32.1 Å². The second-order valence-corrected chi connectivity index (χ2v) is 6.47. The third kappa shape index (κ3) is 13.5. The molecule has 1 rings (SSSR count). The second-order valence-electron chi connectivity index (χ2n) is 6.47. The number of ether oxygens (including phenoxy) is 4. The lowest BCUT2D eigenvalue weighted by atomic mass is 10.3. The van der Waals surface area contributed by atoms with Gasteiger partial charge in [0.2, 0.25) is 0 Å². The highest BCUT2D eigenvalue weighted by Crippen LogP contribution is 2.17. The fraction of sp³-hybridized carbons (Fsp3) is 0.636. The molecule has 1 aromatic rings. The maximum atomic E-state index is 8.53. The highest BCUT2D eigenvalue weighted by molar-refractivity contribution is 5.31. The Balaban J connectivity index is 2.25. The number of rotatable bonds is 18. The van der Waals surface area contributed by atoms with Crippen molar-refractivity contribution in [1.82, 2.24) is 4.90 Å². The number of methoxy groups -OCH3 is 1. The summed E-state index contributed by atoms with van der Waals surface area (Å²) in [5, 5.41) is 17.1. The normalized spacial score (nSPS) is 10.5. The predicted octanol–water partition coefficient (Wildman–Crippen LogP) is 3.41. The number of nitriles is 2. The zero-order valence-electron chi connectivity index (χ0n) is 17.5. The van der Waals surface area contributed by atoms with E-state index in [-0.39, 0.29) is 0 Å². The number of benzene rings is 1.